The molecule has 6 nitrogen and oxygen atoms in total. The molecular weight excluding hydrogens is 935 g/mol. The fourth-order valence-corrected chi connectivity index (χ4v) is 11.5. The van der Waals surface area contributed by atoms with E-state index in [1.165, 1.54) is 340 Å². The number of amides is 1. The van der Waals surface area contributed by atoms with Gasteiger partial charge in [-0.05, 0) is 25.7 Å². The molecular formula is C70H139NO5. The van der Waals surface area contributed by atoms with Gasteiger partial charge >= 0.3 is 5.97 Å². The van der Waals surface area contributed by atoms with Crippen LogP contribution in [-0.4, -0.2) is 47.4 Å². The second-order valence-corrected chi connectivity index (χ2v) is 24.6. The zero-order valence-corrected chi connectivity index (χ0v) is 52.0. The van der Waals surface area contributed by atoms with Gasteiger partial charge < -0.3 is 20.3 Å². The third kappa shape index (κ3) is 62.1. The number of aliphatic hydroxyl groups excluding tert-OH is 2. The summed E-state index contributed by atoms with van der Waals surface area (Å²) in [5.41, 5.74) is 0. The molecule has 0 aliphatic heterocycles. The van der Waals surface area contributed by atoms with E-state index in [9.17, 15) is 19.8 Å². The summed E-state index contributed by atoms with van der Waals surface area (Å²) in [6.45, 7) is 4.99. The van der Waals surface area contributed by atoms with E-state index in [1.807, 2.05) is 0 Å². The maximum Gasteiger partial charge on any atom is 0.305 e. The molecule has 0 aliphatic rings. The molecule has 0 saturated carbocycles. The average molecular weight is 1070 g/mol. The van der Waals surface area contributed by atoms with E-state index >= 15 is 0 Å². The predicted molar refractivity (Wildman–Crippen MR) is 334 cm³/mol. The highest BCUT2D eigenvalue weighted by atomic mass is 16.5. The summed E-state index contributed by atoms with van der Waals surface area (Å²) in [5, 5.41) is 23.3. The molecule has 0 saturated heterocycles. The number of rotatable bonds is 67. The lowest BCUT2D eigenvalue weighted by molar-refractivity contribution is -0.143. The summed E-state index contributed by atoms with van der Waals surface area (Å²) in [4.78, 5) is 24.5. The van der Waals surface area contributed by atoms with Crippen molar-refractivity contribution in [2.24, 2.45) is 0 Å². The molecule has 0 aromatic heterocycles. The van der Waals surface area contributed by atoms with Crippen LogP contribution in [0.3, 0.4) is 0 Å². The van der Waals surface area contributed by atoms with Gasteiger partial charge in [0.1, 0.15) is 0 Å². The average Bonchev–Trinajstić information content (AvgIpc) is 3.42. The molecule has 0 aromatic carbocycles. The monoisotopic (exact) mass is 1070 g/mol. The van der Waals surface area contributed by atoms with Gasteiger partial charge in [-0.2, -0.15) is 0 Å². The Bertz CT molecular complexity index is 1100. The van der Waals surface area contributed by atoms with Crippen LogP contribution in [0.1, 0.15) is 412 Å². The first kappa shape index (κ1) is 74.9. The molecule has 0 aliphatic carbocycles. The molecule has 2 unspecified atom stereocenters. The van der Waals surface area contributed by atoms with E-state index in [4.69, 9.17) is 4.74 Å². The zero-order chi connectivity index (χ0) is 55.0. The minimum Gasteiger partial charge on any atom is -0.466 e. The Morgan fingerprint density at radius 1 is 0.316 bits per heavy atom. The number of esters is 1. The SMILES string of the molecule is CCCCCCCCCCCCCCCCCC(O)C(CO)NC(=O)CCCCCCCCCCCCCCCCCCCCCCCCCCCCCCCCCCCOC(=O)CCCCCCCCCCCCC. The highest BCUT2D eigenvalue weighted by molar-refractivity contribution is 5.76. The van der Waals surface area contributed by atoms with Crippen LogP contribution in [0.2, 0.25) is 0 Å². The first-order valence-electron chi connectivity index (χ1n) is 35.3. The van der Waals surface area contributed by atoms with E-state index < -0.39 is 12.1 Å². The molecule has 0 spiro atoms. The summed E-state index contributed by atoms with van der Waals surface area (Å²) >= 11 is 0. The Morgan fingerprint density at radius 2 is 0.539 bits per heavy atom. The molecule has 0 aromatic rings. The van der Waals surface area contributed by atoms with Crippen LogP contribution < -0.4 is 5.32 Å². The number of nitrogens with one attached hydrogen (secondary N) is 1. The standard InChI is InChI=1S/C70H139NO5/c1-3-5-7-9-11-13-15-16-36-39-43-46-50-54-58-62-68(73)67(66-72)71-69(74)63-59-55-51-47-44-40-37-34-32-30-28-26-24-22-20-18-17-19-21-23-25-27-29-31-33-35-38-41-45-49-53-57-61-65-76-70(75)64-60-56-52-48-42-14-12-10-8-6-4-2/h67-68,72-73H,3-66H2,1-2H3,(H,71,74). The maximum atomic E-state index is 12.5. The Kier molecular flexibility index (Phi) is 65.4. The summed E-state index contributed by atoms with van der Waals surface area (Å²) in [5.74, 6) is -0.00402. The van der Waals surface area contributed by atoms with E-state index in [0.717, 1.165) is 38.5 Å². The Hall–Kier alpha value is -1.14. The smallest absolute Gasteiger partial charge is 0.305 e. The summed E-state index contributed by atoms with van der Waals surface area (Å²) < 4.78 is 5.48. The van der Waals surface area contributed by atoms with Crippen LogP contribution in [0.15, 0.2) is 0 Å². The number of ether oxygens (including phenoxy) is 1. The quantitative estimate of drug-likeness (QED) is 0.0417. The van der Waals surface area contributed by atoms with Crippen molar-refractivity contribution in [1.29, 1.82) is 0 Å². The van der Waals surface area contributed by atoms with Gasteiger partial charge in [0.25, 0.3) is 0 Å². The van der Waals surface area contributed by atoms with Crippen LogP contribution in [0.4, 0.5) is 0 Å². The highest BCUT2D eigenvalue weighted by Gasteiger charge is 2.20. The molecule has 0 heterocycles. The van der Waals surface area contributed by atoms with Gasteiger partial charge in [0.05, 0.1) is 25.4 Å². The summed E-state index contributed by atoms with van der Waals surface area (Å²) in [7, 11) is 0. The van der Waals surface area contributed by atoms with Crippen molar-refractivity contribution in [2.45, 2.75) is 424 Å². The second kappa shape index (κ2) is 66.4. The zero-order valence-electron chi connectivity index (χ0n) is 52.0. The number of aliphatic hydroxyl groups is 2. The van der Waals surface area contributed by atoms with E-state index in [0.29, 0.717) is 25.9 Å². The number of unbranched alkanes of at least 4 members (excludes halogenated alkanes) is 56. The minimum atomic E-state index is -0.659. The lowest BCUT2D eigenvalue weighted by Gasteiger charge is -2.22. The largest absolute Gasteiger partial charge is 0.466 e. The molecule has 0 radical (unpaired) electrons. The molecule has 1 amide bonds. The first-order chi connectivity index (χ1) is 37.5. The fourth-order valence-electron chi connectivity index (χ4n) is 11.5. The number of hydrogen-bond acceptors (Lipinski definition) is 5. The van der Waals surface area contributed by atoms with Crippen molar-refractivity contribution in [1.82, 2.24) is 5.32 Å². The summed E-state index contributed by atoms with van der Waals surface area (Å²) in [6, 6.07) is -0.536. The number of carbonyl (C=O) groups excluding carboxylic acids is 2. The highest BCUT2D eigenvalue weighted by Crippen LogP contribution is 2.20. The van der Waals surface area contributed by atoms with Crippen LogP contribution >= 0.6 is 0 Å². The van der Waals surface area contributed by atoms with Gasteiger partial charge in [-0.25, -0.2) is 0 Å². The molecule has 3 N–H and O–H groups in total. The lowest BCUT2D eigenvalue weighted by atomic mass is 10.0. The van der Waals surface area contributed by atoms with Crippen molar-refractivity contribution < 1.29 is 24.5 Å². The van der Waals surface area contributed by atoms with Crippen LogP contribution in [0.5, 0.6) is 0 Å². The van der Waals surface area contributed by atoms with Crippen LogP contribution in [-0.2, 0) is 14.3 Å². The van der Waals surface area contributed by atoms with Crippen LogP contribution in [0, 0.1) is 0 Å². The second-order valence-electron chi connectivity index (χ2n) is 24.6. The molecule has 0 rings (SSSR count). The Balaban J connectivity index is 3.30. The third-order valence-corrected chi connectivity index (χ3v) is 16.9. The van der Waals surface area contributed by atoms with Gasteiger partial charge in [-0.15, -0.1) is 0 Å². The lowest BCUT2D eigenvalue weighted by Crippen LogP contribution is -2.45. The molecule has 6 heteroatoms. The number of carbonyl (C=O) groups is 2. The fraction of sp³-hybridized carbons (Fsp3) is 0.971. The predicted octanol–water partition coefficient (Wildman–Crippen LogP) is 22.6. The van der Waals surface area contributed by atoms with Gasteiger partial charge in [0.15, 0.2) is 0 Å². The first-order valence-corrected chi connectivity index (χ1v) is 35.3. The molecule has 0 bridgehead atoms. The van der Waals surface area contributed by atoms with E-state index in [1.54, 1.807) is 0 Å². The molecule has 2 atom stereocenters. The van der Waals surface area contributed by atoms with Crippen molar-refractivity contribution in [3.63, 3.8) is 0 Å². The van der Waals surface area contributed by atoms with Crippen molar-refractivity contribution >= 4 is 11.9 Å². The van der Waals surface area contributed by atoms with Crippen LogP contribution in [0.25, 0.3) is 0 Å². The van der Waals surface area contributed by atoms with Gasteiger partial charge in [0.2, 0.25) is 5.91 Å². The van der Waals surface area contributed by atoms with Gasteiger partial charge in [0, 0.05) is 12.8 Å². The molecule has 76 heavy (non-hydrogen) atoms. The van der Waals surface area contributed by atoms with Crippen molar-refractivity contribution in [3.8, 4) is 0 Å². The van der Waals surface area contributed by atoms with E-state index in [2.05, 4.69) is 19.2 Å². The maximum absolute atomic E-state index is 12.5. The molecule has 0 fully saturated rings. The minimum absolute atomic E-state index is 0.0224. The number of hydrogen-bond donors (Lipinski definition) is 3. The van der Waals surface area contributed by atoms with Crippen molar-refractivity contribution in [2.75, 3.05) is 13.2 Å². The molecule has 454 valence electrons. The van der Waals surface area contributed by atoms with Crippen molar-refractivity contribution in [3.05, 3.63) is 0 Å². The van der Waals surface area contributed by atoms with Gasteiger partial charge in [-0.3, -0.25) is 9.59 Å². The topological polar surface area (TPSA) is 95.9 Å². The Morgan fingerprint density at radius 3 is 0.803 bits per heavy atom. The Labute approximate surface area is 476 Å². The third-order valence-electron chi connectivity index (χ3n) is 16.9. The van der Waals surface area contributed by atoms with E-state index in [-0.39, 0.29) is 18.5 Å². The normalized spacial score (nSPS) is 12.4. The summed E-state index contributed by atoms with van der Waals surface area (Å²) in [6.07, 6.45) is 80.2. The van der Waals surface area contributed by atoms with Gasteiger partial charge in [-0.1, -0.05) is 373 Å².